The van der Waals surface area contributed by atoms with Crippen molar-refractivity contribution in [2.75, 3.05) is 6.61 Å². The topological polar surface area (TPSA) is 85.9 Å². The van der Waals surface area contributed by atoms with Gasteiger partial charge in [0.05, 0.1) is 18.4 Å². The molecule has 0 aliphatic rings. The lowest BCUT2D eigenvalue weighted by Gasteiger charge is -2.11. The Morgan fingerprint density at radius 3 is 2.60 bits per heavy atom. The molecule has 6 nitrogen and oxygen atoms in total. The predicted octanol–water partition coefficient (Wildman–Crippen LogP) is 2.78. The van der Waals surface area contributed by atoms with Crippen LogP contribution >= 0.6 is 12.2 Å². The van der Waals surface area contributed by atoms with Crippen molar-refractivity contribution in [2.45, 2.75) is 13.8 Å². The summed E-state index contributed by atoms with van der Waals surface area (Å²) in [5.74, 6) is 0.339. The Hall–Kier alpha value is -2.93. The molecule has 0 bridgehead atoms. The summed E-state index contributed by atoms with van der Waals surface area (Å²) in [5, 5.41) is 3.96. The molecule has 0 unspecified atom stereocenters. The lowest BCUT2D eigenvalue weighted by molar-refractivity contribution is 0.0728. The standard InChI is InChI=1S/C18H19N3O3S/c1-3-23-16-10-13(11-20-21-18(19)25)6-9-15(16)24-17(22)14-7-4-12(2)5-8-14/h4-11H,3H2,1-2H3,(H3,19,21,25)/b20-11+. The third-order valence-electron chi connectivity index (χ3n) is 3.15. The third-order valence-corrected chi connectivity index (χ3v) is 3.24. The van der Waals surface area contributed by atoms with Gasteiger partial charge in [-0.25, -0.2) is 4.79 Å². The molecule has 0 radical (unpaired) electrons. The maximum Gasteiger partial charge on any atom is 0.343 e. The monoisotopic (exact) mass is 357 g/mol. The van der Waals surface area contributed by atoms with Crippen molar-refractivity contribution in [3.8, 4) is 11.5 Å². The van der Waals surface area contributed by atoms with Crippen LogP contribution in [0.5, 0.6) is 11.5 Å². The van der Waals surface area contributed by atoms with Crippen molar-refractivity contribution in [2.24, 2.45) is 10.8 Å². The van der Waals surface area contributed by atoms with Crippen LogP contribution in [0.1, 0.15) is 28.4 Å². The van der Waals surface area contributed by atoms with E-state index in [0.29, 0.717) is 23.7 Å². The van der Waals surface area contributed by atoms with E-state index in [1.54, 1.807) is 30.3 Å². The number of nitrogens with one attached hydrogen (secondary N) is 1. The molecule has 2 aromatic carbocycles. The average molecular weight is 357 g/mol. The molecule has 3 N–H and O–H groups in total. The minimum absolute atomic E-state index is 0.0740. The summed E-state index contributed by atoms with van der Waals surface area (Å²) in [4.78, 5) is 12.3. The fourth-order valence-electron chi connectivity index (χ4n) is 1.98. The zero-order valence-corrected chi connectivity index (χ0v) is 14.8. The number of ether oxygens (including phenoxy) is 2. The van der Waals surface area contributed by atoms with Crippen LogP contribution in [0.3, 0.4) is 0 Å². The second-order valence-corrected chi connectivity index (χ2v) is 5.57. The van der Waals surface area contributed by atoms with Crippen molar-refractivity contribution < 1.29 is 14.3 Å². The minimum atomic E-state index is -0.447. The second kappa shape index (κ2) is 8.79. The highest BCUT2D eigenvalue weighted by atomic mass is 32.1. The van der Waals surface area contributed by atoms with E-state index in [-0.39, 0.29) is 5.11 Å². The number of nitrogens with zero attached hydrogens (tertiary/aromatic N) is 1. The molecule has 0 aliphatic heterocycles. The van der Waals surface area contributed by atoms with Gasteiger partial charge in [0.15, 0.2) is 16.6 Å². The van der Waals surface area contributed by atoms with E-state index < -0.39 is 5.97 Å². The van der Waals surface area contributed by atoms with Gasteiger partial charge in [-0.3, -0.25) is 5.43 Å². The normalized spacial score (nSPS) is 10.5. The molecular weight excluding hydrogens is 338 g/mol. The lowest BCUT2D eigenvalue weighted by Crippen LogP contribution is -2.23. The molecule has 25 heavy (non-hydrogen) atoms. The summed E-state index contributed by atoms with van der Waals surface area (Å²) < 4.78 is 11.0. The van der Waals surface area contributed by atoms with Crippen LogP contribution in [-0.4, -0.2) is 23.9 Å². The first-order chi connectivity index (χ1) is 12.0. The Morgan fingerprint density at radius 2 is 1.96 bits per heavy atom. The van der Waals surface area contributed by atoms with Gasteiger partial charge in [-0.15, -0.1) is 0 Å². The number of esters is 1. The summed E-state index contributed by atoms with van der Waals surface area (Å²) in [6.45, 7) is 4.23. The van der Waals surface area contributed by atoms with Crippen molar-refractivity contribution in [3.05, 3.63) is 59.2 Å². The fraction of sp³-hybridized carbons (Fsp3) is 0.167. The zero-order valence-electron chi connectivity index (χ0n) is 14.0. The molecule has 0 aliphatic carbocycles. The molecule has 0 heterocycles. The molecule has 2 aromatic rings. The first-order valence-electron chi connectivity index (χ1n) is 7.63. The van der Waals surface area contributed by atoms with Crippen LogP contribution < -0.4 is 20.6 Å². The highest BCUT2D eigenvalue weighted by molar-refractivity contribution is 7.80. The molecule has 0 aromatic heterocycles. The van der Waals surface area contributed by atoms with E-state index in [2.05, 4.69) is 22.7 Å². The minimum Gasteiger partial charge on any atom is -0.490 e. The quantitative estimate of drug-likeness (QED) is 0.272. The van der Waals surface area contributed by atoms with Gasteiger partial charge in [0.2, 0.25) is 0 Å². The van der Waals surface area contributed by atoms with Crippen molar-refractivity contribution in [1.29, 1.82) is 0 Å². The molecule has 0 spiro atoms. The maximum absolute atomic E-state index is 12.3. The summed E-state index contributed by atoms with van der Waals surface area (Å²) in [6, 6.07) is 12.3. The number of carbonyl (C=O) groups is 1. The van der Waals surface area contributed by atoms with Gasteiger partial charge in [0.25, 0.3) is 0 Å². The number of thiocarbonyl (C=S) groups is 1. The van der Waals surface area contributed by atoms with Crippen LogP contribution in [0.2, 0.25) is 0 Å². The molecule has 130 valence electrons. The molecule has 2 rings (SSSR count). The molecule has 0 amide bonds. The first-order valence-corrected chi connectivity index (χ1v) is 8.04. The number of hydrazone groups is 1. The Balaban J connectivity index is 2.18. The number of benzene rings is 2. The highest BCUT2D eigenvalue weighted by Crippen LogP contribution is 2.29. The van der Waals surface area contributed by atoms with E-state index in [0.717, 1.165) is 11.1 Å². The van der Waals surface area contributed by atoms with Crippen LogP contribution in [0.25, 0.3) is 0 Å². The van der Waals surface area contributed by atoms with Crippen LogP contribution in [0.4, 0.5) is 0 Å². The number of aryl methyl sites for hydroxylation is 1. The maximum atomic E-state index is 12.3. The van der Waals surface area contributed by atoms with Gasteiger partial charge in [-0.2, -0.15) is 5.10 Å². The second-order valence-electron chi connectivity index (χ2n) is 5.13. The first kappa shape index (κ1) is 18.4. The van der Waals surface area contributed by atoms with Crippen molar-refractivity contribution in [1.82, 2.24) is 5.43 Å². The smallest absolute Gasteiger partial charge is 0.343 e. The molecule has 0 fully saturated rings. The molecule has 0 saturated heterocycles. The number of rotatable bonds is 6. The third kappa shape index (κ3) is 5.58. The largest absolute Gasteiger partial charge is 0.490 e. The summed E-state index contributed by atoms with van der Waals surface area (Å²) >= 11 is 4.67. The Morgan fingerprint density at radius 1 is 1.24 bits per heavy atom. The lowest BCUT2D eigenvalue weighted by atomic mass is 10.1. The van der Waals surface area contributed by atoms with Crippen LogP contribution in [-0.2, 0) is 0 Å². The number of hydrogen-bond acceptors (Lipinski definition) is 5. The van der Waals surface area contributed by atoms with E-state index >= 15 is 0 Å². The molecule has 7 heteroatoms. The van der Waals surface area contributed by atoms with Crippen LogP contribution in [0.15, 0.2) is 47.6 Å². The Kier molecular flexibility index (Phi) is 6.47. The molecule has 0 saturated carbocycles. The Bertz CT molecular complexity index is 789. The van der Waals surface area contributed by atoms with E-state index in [1.165, 1.54) is 6.21 Å². The van der Waals surface area contributed by atoms with Crippen molar-refractivity contribution in [3.63, 3.8) is 0 Å². The van der Waals surface area contributed by atoms with E-state index in [1.807, 2.05) is 26.0 Å². The van der Waals surface area contributed by atoms with Crippen molar-refractivity contribution >= 4 is 29.5 Å². The van der Waals surface area contributed by atoms with Crippen LogP contribution in [0, 0.1) is 6.92 Å². The van der Waals surface area contributed by atoms with Gasteiger partial charge < -0.3 is 15.2 Å². The predicted molar refractivity (Wildman–Crippen MR) is 101 cm³/mol. The number of hydrogen-bond donors (Lipinski definition) is 2. The molecular formula is C18H19N3O3S. The zero-order chi connectivity index (χ0) is 18.2. The van der Waals surface area contributed by atoms with Gasteiger partial charge >= 0.3 is 5.97 Å². The summed E-state index contributed by atoms with van der Waals surface area (Å²) in [6.07, 6.45) is 1.53. The Labute approximate surface area is 151 Å². The number of nitrogens with two attached hydrogens (primary N) is 1. The van der Waals surface area contributed by atoms with Gasteiger partial charge in [0.1, 0.15) is 0 Å². The fourth-order valence-corrected chi connectivity index (χ4v) is 2.03. The van der Waals surface area contributed by atoms with E-state index in [4.69, 9.17) is 15.2 Å². The highest BCUT2D eigenvalue weighted by Gasteiger charge is 2.13. The summed E-state index contributed by atoms with van der Waals surface area (Å²) in [7, 11) is 0. The van der Waals surface area contributed by atoms with Gasteiger partial charge in [-0.1, -0.05) is 17.7 Å². The number of carbonyl (C=O) groups excluding carboxylic acids is 1. The van der Waals surface area contributed by atoms with Gasteiger partial charge in [0, 0.05) is 0 Å². The van der Waals surface area contributed by atoms with Gasteiger partial charge in [-0.05, 0) is 62.0 Å². The average Bonchev–Trinajstić information content (AvgIpc) is 2.57. The molecule has 0 atom stereocenters. The summed E-state index contributed by atoms with van der Waals surface area (Å²) in [5.41, 5.74) is 10.1. The SMILES string of the molecule is CCOc1cc(/C=N/NC(N)=S)ccc1OC(=O)c1ccc(C)cc1. The van der Waals surface area contributed by atoms with E-state index in [9.17, 15) is 4.79 Å².